The minimum Gasteiger partial charge on any atom is -0.376 e. The number of thiophene rings is 1. The molecule has 9 heteroatoms. The van der Waals surface area contributed by atoms with Crippen LogP contribution in [0.2, 0.25) is 0 Å². The van der Waals surface area contributed by atoms with Gasteiger partial charge >= 0.3 is 0 Å². The number of halogens is 1. The molecule has 1 saturated heterocycles. The number of fused-ring (bicyclic) bond motifs is 1. The largest absolute Gasteiger partial charge is 0.376 e. The van der Waals surface area contributed by atoms with Crippen molar-refractivity contribution in [3.63, 3.8) is 0 Å². The molecule has 1 amide bonds. The lowest BCUT2D eigenvalue weighted by Gasteiger charge is -2.37. The van der Waals surface area contributed by atoms with Gasteiger partial charge < -0.3 is 15.4 Å². The van der Waals surface area contributed by atoms with Crippen LogP contribution in [0.15, 0.2) is 17.5 Å². The number of nitrogens with one attached hydrogen (secondary N) is 3. The van der Waals surface area contributed by atoms with E-state index in [9.17, 15) is 4.79 Å². The van der Waals surface area contributed by atoms with E-state index in [0.29, 0.717) is 18.8 Å². The molecule has 0 aromatic carbocycles. The molecule has 0 spiro atoms. The highest BCUT2D eigenvalue weighted by Crippen LogP contribution is 2.26. The molecule has 2 aromatic heterocycles. The monoisotopic (exact) mass is 411 g/mol. The van der Waals surface area contributed by atoms with Gasteiger partial charge in [-0.25, -0.2) is 0 Å². The molecule has 0 aliphatic carbocycles. The Hall–Kier alpha value is -1.45. The van der Waals surface area contributed by atoms with Crippen LogP contribution in [0.5, 0.6) is 0 Å². The van der Waals surface area contributed by atoms with Crippen molar-refractivity contribution < 1.29 is 9.53 Å². The van der Waals surface area contributed by atoms with E-state index < -0.39 is 0 Å². The summed E-state index contributed by atoms with van der Waals surface area (Å²) in [6.07, 6.45) is 1.10. The molecule has 0 saturated carbocycles. The molecule has 2 unspecified atom stereocenters. The molecule has 4 rings (SSSR count). The SMILES string of the molecule is CC1CN(C(CNC(=O)c2n[nH]c3c2CNCC3)c2cccs2)CCO1.Cl. The number of aromatic amines is 1. The van der Waals surface area contributed by atoms with Crippen molar-refractivity contribution in [1.29, 1.82) is 0 Å². The number of amides is 1. The first-order valence-electron chi connectivity index (χ1n) is 9.16. The van der Waals surface area contributed by atoms with E-state index in [2.05, 4.69) is 50.2 Å². The standard InChI is InChI=1S/C18H25N5O2S.ClH/c1-12-11-23(6-7-25-12)15(16-3-2-8-26-16)10-20-18(24)17-13-9-19-5-4-14(13)21-22-17;/h2-3,8,12,15,19H,4-7,9-11H2,1H3,(H,20,24)(H,21,22);1H. The Morgan fingerprint density at radius 1 is 1.56 bits per heavy atom. The quantitative estimate of drug-likeness (QED) is 0.698. The van der Waals surface area contributed by atoms with Gasteiger partial charge in [-0.1, -0.05) is 6.07 Å². The topological polar surface area (TPSA) is 82.3 Å². The number of ether oxygens (including phenoxy) is 1. The van der Waals surface area contributed by atoms with Crippen LogP contribution in [0.4, 0.5) is 0 Å². The normalized spacial score (nSPS) is 21.1. The van der Waals surface area contributed by atoms with Crippen LogP contribution < -0.4 is 10.6 Å². The van der Waals surface area contributed by atoms with Crippen molar-refractivity contribution in [3.05, 3.63) is 39.3 Å². The highest BCUT2D eigenvalue weighted by Gasteiger charge is 2.28. The maximum absolute atomic E-state index is 12.7. The number of hydrogen-bond donors (Lipinski definition) is 3. The molecule has 2 aliphatic rings. The van der Waals surface area contributed by atoms with Crippen LogP contribution in [0.25, 0.3) is 0 Å². The number of nitrogens with zero attached hydrogens (tertiary/aromatic N) is 2. The summed E-state index contributed by atoms with van der Waals surface area (Å²) in [4.78, 5) is 16.4. The second-order valence-corrected chi connectivity index (χ2v) is 7.85. The minimum atomic E-state index is -0.103. The number of H-pyrrole nitrogens is 1. The van der Waals surface area contributed by atoms with Gasteiger partial charge in [-0.2, -0.15) is 5.10 Å². The predicted molar refractivity (Wildman–Crippen MR) is 108 cm³/mol. The van der Waals surface area contributed by atoms with Crippen LogP contribution in [-0.2, 0) is 17.7 Å². The van der Waals surface area contributed by atoms with Crippen molar-refractivity contribution in [3.8, 4) is 0 Å². The van der Waals surface area contributed by atoms with E-state index in [-0.39, 0.29) is 30.5 Å². The van der Waals surface area contributed by atoms with E-state index >= 15 is 0 Å². The Balaban J connectivity index is 0.00000210. The lowest BCUT2D eigenvalue weighted by atomic mass is 10.1. The van der Waals surface area contributed by atoms with Gasteiger partial charge in [0.25, 0.3) is 5.91 Å². The van der Waals surface area contributed by atoms with E-state index in [1.807, 2.05) is 0 Å². The summed E-state index contributed by atoms with van der Waals surface area (Å²) in [5.74, 6) is -0.103. The third-order valence-electron chi connectivity index (χ3n) is 5.06. The van der Waals surface area contributed by atoms with E-state index in [1.165, 1.54) is 4.88 Å². The summed E-state index contributed by atoms with van der Waals surface area (Å²) in [5.41, 5.74) is 2.60. The van der Waals surface area contributed by atoms with Crippen LogP contribution in [-0.4, -0.2) is 59.9 Å². The molecule has 2 atom stereocenters. The molecule has 148 valence electrons. The fourth-order valence-corrected chi connectivity index (χ4v) is 4.57. The summed E-state index contributed by atoms with van der Waals surface area (Å²) in [6.45, 7) is 6.77. The fraction of sp³-hybridized carbons (Fsp3) is 0.556. The highest BCUT2D eigenvalue weighted by molar-refractivity contribution is 7.10. The van der Waals surface area contributed by atoms with Crippen molar-refractivity contribution in [2.75, 3.05) is 32.8 Å². The van der Waals surface area contributed by atoms with Crippen LogP contribution >= 0.6 is 23.7 Å². The van der Waals surface area contributed by atoms with Gasteiger partial charge in [0.1, 0.15) is 0 Å². The number of carbonyl (C=O) groups excluding carboxylic acids is 1. The maximum atomic E-state index is 12.7. The summed E-state index contributed by atoms with van der Waals surface area (Å²) >= 11 is 1.73. The smallest absolute Gasteiger partial charge is 0.272 e. The second kappa shape index (κ2) is 9.16. The van der Waals surface area contributed by atoms with Gasteiger partial charge in [0.2, 0.25) is 0 Å². The Kier molecular flexibility index (Phi) is 6.88. The summed E-state index contributed by atoms with van der Waals surface area (Å²) < 4.78 is 5.68. The van der Waals surface area contributed by atoms with Crippen molar-refractivity contribution in [1.82, 2.24) is 25.7 Å². The molecule has 0 bridgehead atoms. The third kappa shape index (κ3) is 4.52. The summed E-state index contributed by atoms with van der Waals surface area (Å²) in [7, 11) is 0. The number of morpholine rings is 1. The molecular weight excluding hydrogens is 386 g/mol. The van der Waals surface area contributed by atoms with Gasteiger partial charge in [-0.15, -0.1) is 23.7 Å². The molecule has 2 aromatic rings. The molecular formula is C18H26ClN5O2S. The van der Waals surface area contributed by atoms with Gasteiger partial charge in [0.05, 0.1) is 18.8 Å². The van der Waals surface area contributed by atoms with E-state index in [4.69, 9.17) is 4.74 Å². The highest BCUT2D eigenvalue weighted by atomic mass is 35.5. The Labute approximate surface area is 169 Å². The Morgan fingerprint density at radius 3 is 3.22 bits per heavy atom. The lowest BCUT2D eigenvalue weighted by Crippen LogP contribution is -2.46. The molecule has 1 fully saturated rings. The van der Waals surface area contributed by atoms with E-state index in [1.54, 1.807) is 11.3 Å². The number of hydrogen-bond acceptors (Lipinski definition) is 6. The van der Waals surface area contributed by atoms with Crippen LogP contribution in [0.3, 0.4) is 0 Å². The van der Waals surface area contributed by atoms with Crippen LogP contribution in [0, 0.1) is 0 Å². The predicted octanol–water partition coefficient (Wildman–Crippen LogP) is 1.73. The average Bonchev–Trinajstić information content (AvgIpc) is 3.32. The Morgan fingerprint density at radius 2 is 2.44 bits per heavy atom. The molecule has 0 radical (unpaired) electrons. The van der Waals surface area contributed by atoms with Gasteiger partial charge in [-0.3, -0.25) is 14.8 Å². The first-order valence-corrected chi connectivity index (χ1v) is 10.0. The average molecular weight is 412 g/mol. The maximum Gasteiger partial charge on any atom is 0.272 e. The zero-order chi connectivity index (χ0) is 17.9. The number of rotatable bonds is 5. The second-order valence-electron chi connectivity index (χ2n) is 6.87. The van der Waals surface area contributed by atoms with Crippen LogP contribution in [0.1, 0.15) is 39.6 Å². The number of aromatic nitrogens is 2. The van der Waals surface area contributed by atoms with Gasteiger partial charge in [-0.05, 0) is 18.4 Å². The first-order chi connectivity index (χ1) is 12.7. The van der Waals surface area contributed by atoms with Crippen molar-refractivity contribution in [2.24, 2.45) is 0 Å². The van der Waals surface area contributed by atoms with Gasteiger partial charge in [0, 0.05) is 55.3 Å². The zero-order valence-electron chi connectivity index (χ0n) is 15.4. The third-order valence-corrected chi connectivity index (χ3v) is 6.04. The van der Waals surface area contributed by atoms with Gasteiger partial charge in [0.15, 0.2) is 5.69 Å². The minimum absolute atomic E-state index is 0. The number of carbonyl (C=O) groups is 1. The first kappa shape index (κ1) is 20.3. The molecule has 7 nitrogen and oxygen atoms in total. The van der Waals surface area contributed by atoms with Crippen molar-refractivity contribution in [2.45, 2.75) is 32.0 Å². The lowest BCUT2D eigenvalue weighted by molar-refractivity contribution is -0.0336. The zero-order valence-corrected chi connectivity index (χ0v) is 17.0. The molecule has 2 aliphatic heterocycles. The molecule has 27 heavy (non-hydrogen) atoms. The fourth-order valence-electron chi connectivity index (χ4n) is 3.71. The molecule has 3 N–H and O–H groups in total. The molecule has 4 heterocycles. The Bertz CT molecular complexity index is 751. The summed E-state index contributed by atoms with van der Waals surface area (Å²) in [5, 5.41) is 15.8. The van der Waals surface area contributed by atoms with E-state index in [0.717, 1.165) is 43.9 Å². The summed E-state index contributed by atoms with van der Waals surface area (Å²) in [6, 6.07) is 4.37. The van der Waals surface area contributed by atoms with Crippen molar-refractivity contribution >= 4 is 29.7 Å².